The summed E-state index contributed by atoms with van der Waals surface area (Å²) in [6.07, 6.45) is 0.938. The van der Waals surface area contributed by atoms with Gasteiger partial charge in [0.2, 0.25) is 0 Å². The maximum Gasteiger partial charge on any atom is 0.255 e. The van der Waals surface area contributed by atoms with E-state index < -0.39 is 0 Å². The number of carbonyl (C=O) groups excluding carboxylic acids is 1. The van der Waals surface area contributed by atoms with Gasteiger partial charge in [-0.05, 0) is 40.1 Å². The molecule has 1 N–H and O–H groups in total. The van der Waals surface area contributed by atoms with Gasteiger partial charge in [-0.1, -0.05) is 18.2 Å². The smallest absolute Gasteiger partial charge is 0.255 e. The number of fused-ring (bicyclic) bond motifs is 1. The highest BCUT2D eigenvalue weighted by Crippen LogP contribution is 2.24. The Labute approximate surface area is 113 Å². The van der Waals surface area contributed by atoms with E-state index in [0.717, 1.165) is 23.9 Å². The van der Waals surface area contributed by atoms with Crippen LogP contribution in [0.25, 0.3) is 11.0 Å². The van der Waals surface area contributed by atoms with Crippen LogP contribution in [0.3, 0.4) is 0 Å². The zero-order valence-corrected chi connectivity index (χ0v) is 11.7. The Morgan fingerprint density at radius 1 is 1.32 bits per heavy atom. The van der Waals surface area contributed by atoms with Crippen molar-refractivity contribution >= 4 is 16.9 Å². The van der Waals surface area contributed by atoms with Crippen molar-refractivity contribution in [2.24, 2.45) is 0 Å². The molecule has 1 aromatic carbocycles. The van der Waals surface area contributed by atoms with Gasteiger partial charge in [-0.25, -0.2) is 0 Å². The molecular weight excluding hydrogens is 240 g/mol. The topological polar surface area (TPSA) is 45.5 Å². The number of nitrogens with zero attached hydrogens (tertiary/aromatic N) is 1. The van der Waals surface area contributed by atoms with Gasteiger partial charge in [-0.15, -0.1) is 0 Å². The molecule has 1 aromatic heterocycles. The summed E-state index contributed by atoms with van der Waals surface area (Å²) in [5, 5.41) is 3.83. The third kappa shape index (κ3) is 3.15. The molecule has 4 nitrogen and oxygen atoms in total. The Hall–Kier alpha value is -1.81. The van der Waals surface area contributed by atoms with Crippen LogP contribution < -0.4 is 5.32 Å². The van der Waals surface area contributed by atoms with Crippen LogP contribution in [0.15, 0.2) is 28.7 Å². The van der Waals surface area contributed by atoms with Crippen LogP contribution >= 0.6 is 0 Å². The summed E-state index contributed by atoms with van der Waals surface area (Å²) in [5.74, 6) is 0.618. The molecule has 2 aromatic rings. The van der Waals surface area contributed by atoms with E-state index >= 15 is 0 Å². The Balaban J connectivity index is 2.07. The molecule has 0 spiro atoms. The summed E-state index contributed by atoms with van der Waals surface area (Å²) < 4.78 is 5.60. The lowest BCUT2D eigenvalue weighted by atomic mass is 10.1. The van der Waals surface area contributed by atoms with Gasteiger partial charge in [0, 0.05) is 11.9 Å². The maximum absolute atomic E-state index is 12.2. The zero-order valence-electron chi connectivity index (χ0n) is 11.7. The van der Waals surface area contributed by atoms with E-state index in [4.69, 9.17) is 4.42 Å². The van der Waals surface area contributed by atoms with Gasteiger partial charge in [0.25, 0.3) is 5.91 Å². The van der Waals surface area contributed by atoms with Gasteiger partial charge in [0.05, 0.1) is 5.56 Å². The van der Waals surface area contributed by atoms with Crippen molar-refractivity contribution in [2.45, 2.75) is 13.3 Å². The molecule has 0 saturated heterocycles. The van der Waals surface area contributed by atoms with E-state index in [1.54, 1.807) is 0 Å². The third-order valence-electron chi connectivity index (χ3n) is 3.07. The number of rotatable bonds is 5. The van der Waals surface area contributed by atoms with Crippen molar-refractivity contribution in [3.05, 3.63) is 35.6 Å². The lowest BCUT2D eigenvalue weighted by Crippen LogP contribution is -2.27. The summed E-state index contributed by atoms with van der Waals surface area (Å²) >= 11 is 0. The van der Waals surface area contributed by atoms with Crippen molar-refractivity contribution < 1.29 is 9.21 Å². The molecule has 0 aliphatic carbocycles. The highest BCUT2D eigenvalue weighted by Gasteiger charge is 2.17. The molecule has 19 heavy (non-hydrogen) atoms. The molecule has 1 amide bonds. The predicted octanol–water partition coefficient (Wildman–Crippen LogP) is 2.42. The minimum atomic E-state index is -0.0544. The highest BCUT2D eigenvalue weighted by molar-refractivity contribution is 6.07. The summed E-state index contributed by atoms with van der Waals surface area (Å²) in [6.45, 7) is 3.47. The molecule has 1 heterocycles. The number of amides is 1. The van der Waals surface area contributed by atoms with E-state index in [-0.39, 0.29) is 5.91 Å². The second-order valence-electron chi connectivity index (χ2n) is 4.94. The van der Waals surface area contributed by atoms with Crippen molar-refractivity contribution in [1.82, 2.24) is 10.2 Å². The molecule has 0 aliphatic rings. The van der Waals surface area contributed by atoms with Crippen molar-refractivity contribution in [3.63, 3.8) is 0 Å². The van der Waals surface area contributed by atoms with E-state index in [1.165, 1.54) is 0 Å². The van der Waals surface area contributed by atoms with Crippen LogP contribution in [-0.2, 0) is 0 Å². The van der Waals surface area contributed by atoms with E-state index in [2.05, 4.69) is 10.2 Å². The molecule has 0 fully saturated rings. The van der Waals surface area contributed by atoms with E-state index in [0.29, 0.717) is 17.9 Å². The molecule has 0 saturated carbocycles. The normalized spacial score (nSPS) is 11.2. The summed E-state index contributed by atoms with van der Waals surface area (Å²) in [7, 11) is 4.05. The Morgan fingerprint density at radius 2 is 2.05 bits per heavy atom. The van der Waals surface area contributed by atoms with Crippen LogP contribution in [0.2, 0.25) is 0 Å². The van der Waals surface area contributed by atoms with Gasteiger partial charge in [0.1, 0.15) is 11.3 Å². The number of furan rings is 1. The number of carbonyl (C=O) groups is 1. The zero-order chi connectivity index (χ0) is 13.8. The Morgan fingerprint density at radius 3 is 2.79 bits per heavy atom. The molecule has 0 bridgehead atoms. The first-order valence-electron chi connectivity index (χ1n) is 6.50. The van der Waals surface area contributed by atoms with Crippen LogP contribution in [0.4, 0.5) is 0 Å². The standard InChI is InChI=1S/C15H20N2O2/c1-11-14(12-7-4-5-8-13(12)19-11)15(18)16-9-6-10-17(2)3/h4-5,7-8H,6,9-10H2,1-3H3,(H,16,18). The van der Waals surface area contributed by atoms with Crippen LogP contribution in [0.5, 0.6) is 0 Å². The molecule has 2 rings (SSSR count). The van der Waals surface area contributed by atoms with Gasteiger partial charge in [-0.2, -0.15) is 0 Å². The van der Waals surface area contributed by atoms with Crippen molar-refractivity contribution in [2.75, 3.05) is 27.2 Å². The molecular formula is C15H20N2O2. The second-order valence-corrected chi connectivity index (χ2v) is 4.94. The summed E-state index contributed by atoms with van der Waals surface area (Å²) in [5.41, 5.74) is 1.42. The average molecular weight is 260 g/mol. The van der Waals surface area contributed by atoms with Gasteiger partial charge < -0.3 is 14.6 Å². The molecule has 102 valence electrons. The predicted molar refractivity (Wildman–Crippen MR) is 76.5 cm³/mol. The van der Waals surface area contributed by atoms with Crippen LogP contribution in [0, 0.1) is 6.92 Å². The fourth-order valence-electron chi connectivity index (χ4n) is 2.14. The van der Waals surface area contributed by atoms with Gasteiger partial charge in [-0.3, -0.25) is 4.79 Å². The Bertz CT molecular complexity index is 573. The number of benzene rings is 1. The molecule has 0 atom stereocenters. The number of hydrogen-bond donors (Lipinski definition) is 1. The van der Waals surface area contributed by atoms with Crippen LogP contribution in [-0.4, -0.2) is 38.0 Å². The number of nitrogens with one attached hydrogen (secondary N) is 1. The Kier molecular flexibility index (Phi) is 4.22. The van der Waals surface area contributed by atoms with Crippen molar-refractivity contribution in [3.8, 4) is 0 Å². The lowest BCUT2D eigenvalue weighted by molar-refractivity contribution is 0.0952. The molecule has 0 radical (unpaired) electrons. The van der Waals surface area contributed by atoms with Crippen molar-refractivity contribution in [1.29, 1.82) is 0 Å². The summed E-state index contributed by atoms with van der Waals surface area (Å²) in [6, 6.07) is 7.62. The van der Waals surface area contributed by atoms with E-state index in [9.17, 15) is 4.79 Å². The quantitative estimate of drug-likeness (QED) is 0.840. The maximum atomic E-state index is 12.2. The first-order chi connectivity index (χ1) is 9.09. The SMILES string of the molecule is Cc1oc2ccccc2c1C(=O)NCCCN(C)C. The van der Waals surface area contributed by atoms with Gasteiger partial charge >= 0.3 is 0 Å². The monoisotopic (exact) mass is 260 g/mol. The first kappa shape index (κ1) is 13.6. The molecule has 4 heteroatoms. The van der Waals surface area contributed by atoms with Crippen LogP contribution in [0.1, 0.15) is 22.5 Å². The van der Waals surface area contributed by atoms with E-state index in [1.807, 2.05) is 45.3 Å². The minimum absolute atomic E-state index is 0.0544. The number of para-hydroxylation sites is 1. The largest absolute Gasteiger partial charge is 0.461 e. The average Bonchev–Trinajstić information content (AvgIpc) is 2.70. The summed E-state index contributed by atoms with van der Waals surface area (Å²) in [4.78, 5) is 14.3. The second kappa shape index (κ2) is 5.89. The molecule has 0 unspecified atom stereocenters. The highest BCUT2D eigenvalue weighted by atomic mass is 16.3. The fourth-order valence-corrected chi connectivity index (χ4v) is 2.14. The first-order valence-corrected chi connectivity index (χ1v) is 6.50. The van der Waals surface area contributed by atoms with Gasteiger partial charge in [0.15, 0.2) is 0 Å². The number of aryl methyl sites for hydroxylation is 1. The fraction of sp³-hybridized carbons (Fsp3) is 0.400. The lowest BCUT2D eigenvalue weighted by Gasteiger charge is -2.09. The minimum Gasteiger partial charge on any atom is -0.461 e. The molecule has 0 aliphatic heterocycles. The number of hydrogen-bond acceptors (Lipinski definition) is 3. The third-order valence-corrected chi connectivity index (χ3v) is 3.07.